The number of nitrogens with one attached hydrogen (secondary N) is 1. The molecule has 0 aliphatic rings. The maximum absolute atomic E-state index is 4.28. The van der Waals surface area contributed by atoms with Crippen molar-refractivity contribution in [2.75, 3.05) is 7.05 Å². The second-order valence-corrected chi connectivity index (χ2v) is 4.22. The van der Waals surface area contributed by atoms with E-state index in [4.69, 9.17) is 0 Å². The molecule has 1 aromatic rings. The number of halogens is 1. The molecule has 0 aliphatic heterocycles. The van der Waals surface area contributed by atoms with Crippen LogP contribution >= 0.6 is 15.9 Å². The van der Waals surface area contributed by atoms with Gasteiger partial charge in [-0.05, 0) is 55.0 Å². The average molecular weight is 255 g/mol. The zero-order chi connectivity index (χ0) is 10.6. The maximum atomic E-state index is 4.28. The second-order valence-electron chi connectivity index (χ2n) is 3.30. The summed E-state index contributed by atoms with van der Waals surface area (Å²) in [7, 11) is 1.96. The van der Waals surface area contributed by atoms with Crippen LogP contribution in [0.4, 0.5) is 0 Å². The summed E-state index contributed by atoms with van der Waals surface area (Å²) < 4.78 is 1.01. The lowest BCUT2D eigenvalue weighted by molar-refractivity contribution is 0.696. The highest BCUT2D eigenvalue weighted by molar-refractivity contribution is 9.10. The summed E-state index contributed by atoms with van der Waals surface area (Å²) in [6.07, 6.45) is 3.90. The average Bonchev–Trinajstić information content (AvgIpc) is 2.20. The molecule has 3 heteroatoms. The predicted octanol–water partition coefficient (Wildman–Crippen LogP) is 2.86. The molecule has 1 heterocycles. The maximum Gasteiger partial charge on any atom is 0.0630 e. The molecule has 0 spiro atoms. The first-order chi connectivity index (χ1) is 6.63. The Bertz CT molecular complexity index is 317. The molecule has 0 saturated heterocycles. The zero-order valence-electron chi connectivity index (χ0n) is 8.71. The van der Waals surface area contributed by atoms with E-state index < -0.39 is 0 Å². The van der Waals surface area contributed by atoms with Crippen LogP contribution in [0.2, 0.25) is 0 Å². The quantitative estimate of drug-likeness (QED) is 0.898. The number of nitrogens with zero attached hydrogens (tertiary/aromatic N) is 1. The summed E-state index contributed by atoms with van der Waals surface area (Å²) in [5, 5.41) is 3.19. The topological polar surface area (TPSA) is 24.9 Å². The van der Waals surface area contributed by atoms with Gasteiger partial charge < -0.3 is 5.32 Å². The van der Waals surface area contributed by atoms with Gasteiger partial charge in [-0.2, -0.15) is 0 Å². The molecule has 2 nitrogen and oxygen atoms in total. The Morgan fingerprint density at radius 3 is 2.79 bits per heavy atom. The van der Waals surface area contributed by atoms with Crippen molar-refractivity contribution >= 4 is 22.0 Å². The van der Waals surface area contributed by atoms with Crippen LogP contribution in [-0.2, 0) is 0 Å². The third kappa shape index (κ3) is 3.24. The fourth-order valence-electron chi connectivity index (χ4n) is 1.06. The Morgan fingerprint density at radius 1 is 1.57 bits per heavy atom. The lowest BCUT2D eigenvalue weighted by Gasteiger charge is -2.10. The Balaban J connectivity index is 2.81. The van der Waals surface area contributed by atoms with E-state index in [1.165, 1.54) is 5.57 Å². The van der Waals surface area contributed by atoms with Gasteiger partial charge in [0.15, 0.2) is 0 Å². The smallest absolute Gasteiger partial charge is 0.0630 e. The van der Waals surface area contributed by atoms with Crippen LogP contribution in [-0.4, -0.2) is 18.1 Å². The van der Waals surface area contributed by atoms with E-state index in [0.29, 0.717) is 6.04 Å². The predicted molar refractivity (Wildman–Crippen MR) is 64.1 cm³/mol. The van der Waals surface area contributed by atoms with E-state index in [0.717, 1.165) is 10.2 Å². The molecule has 1 N–H and O–H groups in total. The van der Waals surface area contributed by atoms with Crippen molar-refractivity contribution < 1.29 is 0 Å². The largest absolute Gasteiger partial charge is 0.314 e. The first-order valence-electron chi connectivity index (χ1n) is 4.60. The number of rotatable bonds is 3. The summed E-state index contributed by atoms with van der Waals surface area (Å²) in [5.74, 6) is 0. The van der Waals surface area contributed by atoms with E-state index in [1.807, 2.05) is 25.4 Å². The Kier molecular flexibility index (Phi) is 4.29. The van der Waals surface area contributed by atoms with Crippen molar-refractivity contribution in [3.8, 4) is 0 Å². The van der Waals surface area contributed by atoms with Crippen LogP contribution in [0.5, 0.6) is 0 Å². The number of aromatic nitrogens is 1. The standard InChI is InChI=1S/C11H15BrN2/c1-8(9(2)13-3)6-11-5-4-10(12)7-14-11/h4-7,9,13H,1-3H3/b8-6+. The van der Waals surface area contributed by atoms with Gasteiger partial charge in [-0.3, -0.25) is 4.98 Å². The molecule has 0 fully saturated rings. The minimum atomic E-state index is 0.389. The lowest BCUT2D eigenvalue weighted by atomic mass is 10.1. The minimum absolute atomic E-state index is 0.389. The number of hydrogen-bond acceptors (Lipinski definition) is 2. The van der Waals surface area contributed by atoms with Crippen molar-refractivity contribution in [1.29, 1.82) is 0 Å². The molecule has 1 aromatic heterocycles. The summed E-state index contributed by atoms with van der Waals surface area (Å²) in [6, 6.07) is 4.38. The minimum Gasteiger partial charge on any atom is -0.314 e. The SMILES string of the molecule is CNC(C)/C(C)=C/c1ccc(Br)cn1. The molecule has 0 radical (unpaired) electrons. The molecule has 1 unspecified atom stereocenters. The Labute approximate surface area is 93.6 Å². The molecule has 0 amide bonds. The molecule has 0 aromatic carbocycles. The van der Waals surface area contributed by atoms with Gasteiger partial charge in [0, 0.05) is 16.7 Å². The van der Waals surface area contributed by atoms with Crippen molar-refractivity contribution in [1.82, 2.24) is 10.3 Å². The first kappa shape index (κ1) is 11.4. The number of pyridine rings is 1. The van der Waals surface area contributed by atoms with Gasteiger partial charge in [0.05, 0.1) is 5.69 Å². The summed E-state index contributed by atoms with van der Waals surface area (Å²) >= 11 is 3.36. The van der Waals surface area contributed by atoms with Crippen LogP contribution in [0, 0.1) is 0 Å². The highest BCUT2D eigenvalue weighted by atomic mass is 79.9. The third-order valence-corrected chi connectivity index (χ3v) is 2.71. The van der Waals surface area contributed by atoms with Crippen LogP contribution in [0.1, 0.15) is 19.5 Å². The van der Waals surface area contributed by atoms with E-state index in [9.17, 15) is 0 Å². The first-order valence-corrected chi connectivity index (χ1v) is 5.40. The normalized spacial score (nSPS) is 14.1. The molecule has 14 heavy (non-hydrogen) atoms. The summed E-state index contributed by atoms with van der Waals surface area (Å²) in [5.41, 5.74) is 2.27. The van der Waals surface area contributed by atoms with E-state index in [1.54, 1.807) is 0 Å². The van der Waals surface area contributed by atoms with E-state index in [-0.39, 0.29) is 0 Å². The fourth-order valence-corrected chi connectivity index (χ4v) is 1.29. The van der Waals surface area contributed by atoms with Gasteiger partial charge in [-0.15, -0.1) is 0 Å². The highest BCUT2D eigenvalue weighted by Crippen LogP contribution is 2.11. The molecule has 0 bridgehead atoms. The molecule has 1 atom stereocenters. The number of hydrogen-bond donors (Lipinski definition) is 1. The van der Waals surface area contributed by atoms with E-state index >= 15 is 0 Å². The number of likely N-dealkylation sites (N-methyl/N-ethyl adjacent to an activating group) is 1. The highest BCUT2D eigenvalue weighted by Gasteiger charge is 2.00. The van der Waals surface area contributed by atoms with Gasteiger partial charge in [0.25, 0.3) is 0 Å². The van der Waals surface area contributed by atoms with Crippen molar-refractivity contribution in [2.45, 2.75) is 19.9 Å². The van der Waals surface area contributed by atoms with Crippen LogP contribution < -0.4 is 5.32 Å². The van der Waals surface area contributed by atoms with E-state index in [2.05, 4.69) is 46.2 Å². The Hall–Kier alpha value is -0.670. The molecule has 0 saturated carbocycles. The lowest BCUT2D eigenvalue weighted by Crippen LogP contribution is -2.22. The van der Waals surface area contributed by atoms with Gasteiger partial charge in [0.2, 0.25) is 0 Å². The second kappa shape index (κ2) is 5.27. The Morgan fingerprint density at radius 2 is 2.29 bits per heavy atom. The molecular weight excluding hydrogens is 240 g/mol. The van der Waals surface area contributed by atoms with Crippen molar-refractivity contribution in [3.63, 3.8) is 0 Å². The van der Waals surface area contributed by atoms with Crippen molar-refractivity contribution in [3.05, 3.63) is 34.1 Å². The summed E-state index contributed by atoms with van der Waals surface area (Å²) in [4.78, 5) is 4.28. The van der Waals surface area contributed by atoms with Gasteiger partial charge in [0.1, 0.15) is 0 Å². The van der Waals surface area contributed by atoms with Gasteiger partial charge in [-0.25, -0.2) is 0 Å². The molecule has 1 rings (SSSR count). The zero-order valence-corrected chi connectivity index (χ0v) is 10.3. The fraction of sp³-hybridized carbons (Fsp3) is 0.364. The monoisotopic (exact) mass is 254 g/mol. The van der Waals surface area contributed by atoms with Crippen LogP contribution in [0.25, 0.3) is 6.08 Å². The van der Waals surface area contributed by atoms with Gasteiger partial charge >= 0.3 is 0 Å². The summed E-state index contributed by atoms with van der Waals surface area (Å²) in [6.45, 7) is 4.23. The third-order valence-electron chi connectivity index (χ3n) is 2.24. The molecule has 0 aliphatic carbocycles. The molecule has 76 valence electrons. The van der Waals surface area contributed by atoms with Gasteiger partial charge in [-0.1, -0.05) is 5.57 Å². The van der Waals surface area contributed by atoms with Crippen LogP contribution in [0.15, 0.2) is 28.4 Å². The van der Waals surface area contributed by atoms with Crippen molar-refractivity contribution in [2.24, 2.45) is 0 Å². The molecular formula is C11H15BrN2. The van der Waals surface area contributed by atoms with Crippen LogP contribution in [0.3, 0.4) is 0 Å².